The minimum atomic E-state index is -0.297. The van der Waals surface area contributed by atoms with Crippen LogP contribution < -0.4 is 11.1 Å². The monoisotopic (exact) mass is 260 g/mol. The van der Waals surface area contributed by atoms with Crippen molar-refractivity contribution in [2.24, 2.45) is 0 Å². The molecule has 0 radical (unpaired) electrons. The van der Waals surface area contributed by atoms with Crippen molar-refractivity contribution in [2.45, 2.75) is 19.2 Å². The van der Waals surface area contributed by atoms with Crippen LogP contribution in [0.3, 0.4) is 0 Å². The number of amides is 1. The minimum Gasteiger partial charge on any atom is -0.381 e. The first-order chi connectivity index (χ1) is 7.45. The molecule has 0 aliphatic rings. The number of nitrogens with one attached hydrogen (secondary N) is 1. The fourth-order valence-corrected chi connectivity index (χ4v) is 1.39. The lowest BCUT2D eigenvalue weighted by Gasteiger charge is -2.11. The molecule has 0 saturated carbocycles. The van der Waals surface area contributed by atoms with E-state index in [2.05, 4.69) is 15.3 Å². The molecule has 5 nitrogen and oxygen atoms in total. The van der Waals surface area contributed by atoms with Crippen LogP contribution >= 0.6 is 23.4 Å². The first-order valence-corrected chi connectivity index (χ1v) is 6.25. The van der Waals surface area contributed by atoms with Crippen molar-refractivity contribution in [3.05, 3.63) is 16.5 Å². The van der Waals surface area contributed by atoms with Crippen LogP contribution in [0.25, 0.3) is 0 Å². The van der Waals surface area contributed by atoms with E-state index in [-0.39, 0.29) is 27.9 Å². The lowest BCUT2D eigenvalue weighted by Crippen LogP contribution is -2.31. The summed E-state index contributed by atoms with van der Waals surface area (Å²) >= 11 is 7.24. The molecule has 88 valence electrons. The highest BCUT2D eigenvalue weighted by Gasteiger charge is 2.16. The summed E-state index contributed by atoms with van der Waals surface area (Å²) in [5.41, 5.74) is 6.15. The lowest BCUT2D eigenvalue weighted by atomic mass is 10.3. The van der Waals surface area contributed by atoms with Gasteiger partial charge in [0.25, 0.3) is 5.91 Å². The Kier molecular flexibility index (Phi) is 4.37. The maximum atomic E-state index is 11.8. The molecule has 3 N–H and O–H groups in total. The number of hydrogen-bond acceptors (Lipinski definition) is 5. The van der Waals surface area contributed by atoms with Crippen molar-refractivity contribution in [3.8, 4) is 0 Å². The van der Waals surface area contributed by atoms with Gasteiger partial charge in [-0.15, -0.1) is 11.8 Å². The number of nitrogens with two attached hydrogens (primary N) is 1. The lowest BCUT2D eigenvalue weighted by molar-refractivity contribution is 0.0946. The molecule has 1 amide bonds. The number of aryl methyl sites for hydroxylation is 1. The van der Waals surface area contributed by atoms with Gasteiger partial charge in [-0.05, 0) is 20.1 Å². The van der Waals surface area contributed by atoms with Gasteiger partial charge in [0.2, 0.25) is 0 Å². The number of hydrogen-bond donors (Lipinski definition) is 2. The molecule has 1 rings (SSSR count). The van der Waals surface area contributed by atoms with E-state index in [1.807, 2.05) is 13.2 Å². The van der Waals surface area contributed by atoms with E-state index in [0.29, 0.717) is 5.69 Å². The number of carbonyl (C=O) groups is 1. The Morgan fingerprint density at radius 3 is 2.75 bits per heavy atom. The number of nitrogen functional groups attached to an aromatic ring is 1. The molecule has 1 heterocycles. The van der Waals surface area contributed by atoms with E-state index < -0.39 is 0 Å². The summed E-state index contributed by atoms with van der Waals surface area (Å²) in [6, 6.07) is 0. The molecule has 0 fully saturated rings. The minimum absolute atomic E-state index is 0.00466. The Balaban J connectivity index is 2.96. The molecule has 0 aliphatic heterocycles. The standard InChI is InChI=1S/C9H13ClN4OS/c1-4-6(9(15)13-5(2)16-3)14-7(10)8(11)12-4/h5H,1-3H3,(H2,11,12)(H,13,15). The average Bonchev–Trinajstić information content (AvgIpc) is 2.23. The van der Waals surface area contributed by atoms with Gasteiger partial charge < -0.3 is 11.1 Å². The predicted molar refractivity (Wildman–Crippen MR) is 66.6 cm³/mol. The van der Waals surface area contributed by atoms with Crippen LogP contribution in [-0.4, -0.2) is 27.5 Å². The number of aromatic nitrogens is 2. The van der Waals surface area contributed by atoms with Gasteiger partial charge in [-0.25, -0.2) is 9.97 Å². The number of rotatable bonds is 3. The second kappa shape index (κ2) is 5.36. The van der Waals surface area contributed by atoms with Gasteiger partial charge in [0, 0.05) is 0 Å². The van der Waals surface area contributed by atoms with Gasteiger partial charge in [0.05, 0.1) is 11.1 Å². The Morgan fingerprint density at radius 1 is 1.56 bits per heavy atom. The van der Waals surface area contributed by atoms with Crippen molar-refractivity contribution in [2.75, 3.05) is 12.0 Å². The highest BCUT2D eigenvalue weighted by Crippen LogP contribution is 2.15. The van der Waals surface area contributed by atoms with Crippen LogP contribution in [0, 0.1) is 6.92 Å². The highest BCUT2D eigenvalue weighted by atomic mass is 35.5. The Bertz CT molecular complexity index is 413. The van der Waals surface area contributed by atoms with E-state index in [1.54, 1.807) is 6.92 Å². The fourth-order valence-electron chi connectivity index (χ4n) is 1.04. The van der Waals surface area contributed by atoms with Gasteiger partial charge in [-0.3, -0.25) is 4.79 Å². The normalized spacial score (nSPS) is 12.2. The third-order valence-electron chi connectivity index (χ3n) is 1.96. The molecule has 0 saturated heterocycles. The van der Waals surface area contributed by atoms with Crippen LogP contribution in [0.1, 0.15) is 23.1 Å². The number of halogens is 1. The summed E-state index contributed by atoms with van der Waals surface area (Å²) in [5.74, 6) is -0.164. The Labute approximate surface area is 103 Å². The van der Waals surface area contributed by atoms with Gasteiger partial charge >= 0.3 is 0 Å². The Hall–Kier alpha value is -1.01. The summed E-state index contributed by atoms with van der Waals surface area (Å²) in [6.45, 7) is 3.54. The SMILES string of the molecule is CSC(C)NC(=O)c1nc(Cl)c(N)nc1C. The van der Waals surface area contributed by atoms with Crippen LogP contribution in [0.2, 0.25) is 5.15 Å². The fraction of sp³-hybridized carbons (Fsp3) is 0.444. The van der Waals surface area contributed by atoms with Gasteiger partial charge in [0.1, 0.15) is 0 Å². The van der Waals surface area contributed by atoms with E-state index in [4.69, 9.17) is 17.3 Å². The summed E-state index contributed by atoms with van der Waals surface area (Å²) < 4.78 is 0. The van der Waals surface area contributed by atoms with Crippen LogP contribution in [0.4, 0.5) is 5.82 Å². The van der Waals surface area contributed by atoms with Crippen LogP contribution in [0.5, 0.6) is 0 Å². The predicted octanol–water partition coefficient (Wildman–Crippen LogP) is 1.46. The van der Waals surface area contributed by atoms with Gasteiger partial charge in [0.15, 0.2) is 16.7 Å². The van der Waals surface area contributed by atoms with Crippen molar-refractivity contribution in [1.29, 1.82) is 0 Å². The molecule has 0 aromatic carbocycles. The molecule has 7 heteroatoms. The largest absolute Gasteiger partial charge is 0.381 e. The van der Waals surface area contributed by atoms with Gasteiger partial charge in [-0.1, -0.05) is 11.6 Å². The van der Waals surface area contributed by atoms with Crippen molar-refractivity contribution in [3.63, 3.8) is 0 Å². The summed E-state index contributed by atoms with van der Waals surface area (Å²) in [7, 11) is 0. The van der Waals surface area contributed by atoms with E-state index >= 15 is 0 Å². The van der Waals surface area contributed by atoms with E-state index in [1.165, 1.54) is 11.8 Å². The smallest absolute Gasteiger partial charge is 0.272 e. The van der Waals surface area contributed by atoms with Crippen molar-refractivity contribution < 1.29 is 4.79 Å². The molecular formula is C9H13ClN4OS. The van der Waals surface area contributed by atoms with Gasteiger partial charge in [-0.2, -0.15) is 0 Å². The molecule has 0 spiro atoms. The number of nitrogens with zero attached hydrogens (tertiary/aromatic N) is 2. The third-order valence-corrected chi connectivity index (χ3v) is 3.06. The van der Waals surface area contributed by atoms with Crippen molar-refractivity contribution >= 4 is 35.1 Å². The zero-order valence-electron chi connectivity index (χ0n) is 9.24. The second-order valence-corrected chi connectivity index (χ2v) is 4.72. The molecule has 1 aromatic rings. The third kappa shape index (κ3) is 2.99. The second-order valence-electron chi connectivity index (χ2n) is 3.19. The number of carbonyl (C=O) groups excluding carboxylic acids is 1. The van der Waals surface area contributed by atoms with E-state index in [0.717, 1.165) is 0 Å². The quantitative estimate of drug-likeness (QED) is 0.804. The number of anilines is 1. The van der Waals surface area contributed by atoms with E-state index in [9.17, 15) is 4.79 Å². The number of thioether (sulfide) groups is 1. The van der Waals surface area contributed by atoms with Crippen LogP contribution in [-0.2, 0) is 0 Å². The topological polar surface area (TPSA) is 80.9 Å². The van der Waals surface area contributed by atoms with Crippen molar-refractivity contribution in [1.82, 2.24) is 15.3 Å². The summed E-state index contributed by atoms with van der Waals surface area (Å²) in [5, 5.41) is 2.81. The Morgan fingerprint density at radius 2 is 2.19 bits per heavy atom. The molecule has 0 aliphatic carbocycles. The molecule has 0 bridgehead atoms. The molecule has 1 aromatic heterocycles. The molecular weight excluding hydrogens is 248 g/mol. The first-order valence-electron chi connectivity index (χ1n) is 4.59. The van der Waals surface area contributed by atoms with Crippen LogP contribution in [0.15, 0.2) is 0 Å². The summed E-state index contributed by atoms with van der Waals surface area (Å²) in [4.78, 5) is 19.6. The zero-order valence-corrected chi connectivity index (χ0v) is 10.8. The molecule has 16 heavy (non-hydrogen) atoms. The zero-order chi connectivity index (χ0) is 12.3. The molecule has 1 unspecified atom stereocenters. The average molecular weight is 261 g/mol. The maximum absolute atomic E-state index is 11.8. The molecule has 1 atom stereocenters. The maximum Gasteiger partial charge on any atom is 0.272 e. The highest BCUT2D eigenvalue weighted by molar-refractivity contribution is 7.99. The first kappa shape index (κ1) is 13.1. The summed E-state index contributed by atoms with van der Waals surface area (Å²) in [6.07, 6.45) is 1.90.